The van der Waals surface area contributed by atoms with Crippen molar-refractivity contribution >= 4 is 39.2 Å². The first-order valence-corrected chi connectivity index (χ1v) is 14.2. The maximum atomic E-state index is 12.6. The SMILES string of the molecule is CCCc1cc(OC)n(C2CCc3c(C(=O)O)n(CCCOc4cccc5ccccc45)c4ccc(Cl)c2c34)n1. The van der Waals surface area contributed by atoms with Gasteiger partial charge in [0.2, 0.25) is 5.88 Å². The monoisotopic (exact) mass is 557 g/mol. The first-order chi connectivity index (χ1) is 19.5. The van der Waals surface area contributed by atoms with Gasteiger partial charge in [0, 0.05) is 39.5 Å². The highest BCUT2D eigenvalue weighted by atomic mass is 35.5. The number of halogens is 1. The number of benzene rings is 3. The molecular formula is C32H32ClN3O4. The summed E-state index contributed by atoms with van der Waals surface area (Å²) >= 11 is 6.84. The number of aromatic carboxylic acids is 1. The number of methoxy groups -OCH3 is 1. The second kappa shape index (κ2) is 10.9. The molecule has 2 heterocycles. The van der Waals surface area contributed by atoms with Gasteiger partial charge in [-0.15, -0.1) is 0 Å². The van der Waals surface area contributed by atoms with Crippen molar-refractivity contribution in [1.82, 2.24) is 14.3 Å². The van der Waals surface area contributed by atoms with E-state index >= 15 is 0 Å². The van der Waals surface area contributed by atoms with Gasteiger partial charge in [0.1, 0.15) is 11.4 Å². The average molecular weight is 558 g/mol. The third kappa shape index (κ3) is 4.48. The Morgan fingerprint density at radius 2 is 1.98 bits per heavy atom. The first-order valence-electron chi connectivity index (χ1n) is 13.8. The number of ether oxygens (including phenoxy) is 2. The van der Waals surface area contributed by atoms with Crippen molar-refractivity contribution < 1.29 is 19.4 Å². The van der Waals surface area contributed by atoms with Gasteiger partial charge in [-0.2, -0.15) is 5.10 Å². The van der Waals surface area contributed by atoms with Crippen LogP contribution in [0.4, 0.5) is 0 Å². The standard InChI is InChI=1S/C32H32ClN3O4/c1-3-8-21-19-28(39-2)36(34-21)26-15-13-23-29-25(16-14-24(33)30(26)29)35(31(23)32(37)38)17-7-18-40-27-12-6-10-20-9-4-5-11-22(20)27/h4-6,9-12,14,16,19,26H,3,7-8,13,15,17-18H2,1-2H3,(H,37,38). The van der Waals surface area contributed by atoms with E-state index in [0.29, 0.717) is 49.0 Å². The molecule has 0 aliphatic heterocycles. The van der Waals surface area contributed by atoms with Gasteiger partial charge < -0.3 is 19.1 Å². The predicted octanol–water partition coefficient (Wildman–Crippen LogP) is 7.31. The summed E-state index contributed by atoms with van der Waals surface area (Å²) in [6, 6.07) is 19.8. The predicted molar refractivity (Wildman–Crippen MR) is 157 cm³/mol. The van der Waals surface area contributed by atoms with Gasteiger partial charge in [-0.1, -0.05) is 61.3 Å². The minimum Gasteiger partial charge on any atom is -0.493 e. The number of rotatable bonds is 10. The van der Waals surface area contributed by atoms with E-state index in [1.54, 1.807) is 7.11 Å². The summed E-state index contributed by atoms with van der Waals surface area (Å²) in [6.07, 6.45) is 3.80. The molecule has 0 fully saturated rings. The molecule has 1 aliphatic rings. The van der Waals surface area contributed by atoms with Crippen molar-refractivity contribution in [3.05, 3.63) is 88.2 Å². The normalized spacial score (nSPS) is 14.6. The Hall–Kier alpha value is -3.97. The molecule has 1 aliphatic carbocycles. The zero-order valence-corrected chi connectivity index (χ0v) is 23.4. The van der Waals surface area contributed by atoms with Crippen LogP contribution in [0, 0.1) is 0 Å². The van der Waals surface area contributed by atoms with Crippen molar-refractivity contribution in [2.75, 3.05) is 13.7 Å². The van der Waals surface area contributed by atoms with Crippen LogP contribution in [0.5, 0.6) is 11.6 Å². The van der Waals surface area contributed by atoms with Gasteiger partial charge in [-0.3, -0.25) is 0 Å². The van der Waals surface area contributed by atoms with Crippen LogP contribution in [0.15, 0.2) is 60.7 Å². The quantitative estimate of drug-likeness (QED) is 0.182. The molecular weight excluding hydrogens is 526 g/mol. The van der Waals surface area contributed by atoms with Crippen LogP contribution in [-0.2, 0) is 19.4 Å². The molecule has 7 nitrogen and oxygen atoms in total. The third-order valence-electron chi connectivity index (χ3n) is 7.82. The summed E-state index contributed by atoms with van der Waals surface area (Å²) in [6.45, 7) is 3.11. The molecule has 0 spiro atoms. The summed E-state index contributed by atoms with van der Waals surface area (Å²) < 4.78 is 15.7. The number of hydrogen-bond donors (Lipinski definition) is 1. The number of nitrogens with zero attached hydrogens (tertiary/aromatic N) is 3. The Morgan fingerprint density at radius 1 is 1.15 bits per heavy atom. The van der Waals surface area contributed by atoms with Crippen LogP contribution in [0.3, 0.4) is 0 Å². The number of fused-ring (bicyclic) bond motifs is 1. The van der Waals surface area contributed by atoms with Gasteiger partial charge in [0.05, 0.1) is 25.5 Å². The van der Waals surface area contributed by atoms with Crippen molar-refractivity contribution in [2.24, 2.45) is 0 Å². The molecule has 0 radical (unpaired) electrons. The van der Waals surface area contributed by atoms with Crippen molar-refractivity contribution in [1.29, 1.82) is 0 Å². The Labute approximate surface area is 237 Å². The zero-order valence-electron chi connectivity index (χ0n) is 22.7. The maximum Gasteiger partial charge on any atom is 0.352 e. The fourth-order valence-corrected chi connectivity index (χ4v) is 6.43. The number of hydrogen-bond acceptors (Lipinski definition) is 4. The third-order valence-corrected chi connectivity index (χ3v) is 8.15. The topological polar surface area (TPSA) is 78.5 Å². The van der Waals surface area contributed by atoms with E-state index in [-0.39, 0.29) is 6.04 Å². The van der Waals surface area contributed by atoms with Crippen molar-refractivity contribution in [3.63, 3.8) is 0 Å². The van der Waals surface area contributed by atoms with E-state index in [9.17, 15) is 9.90 Å². The molecule has 0 bridgehead atoms. The highest BCUT2D eigenvalue weighted by molar-refractivity contribution is 6.32. The summed E-state index contributed by atoms with van der Waals surface area (Å²) in [5, 5.41) is 18.9. The molecule has 1 atom stereocenters. The number of aromatic nitrogens is 3. The lowest BCUT2D eigenvalue weighted by Crippen LogP contribution is -2.19. The first kappa shape index (κ1) is 26.3. The molecule has 40 heavy (non-hydrogen) atoms. The van der Waals surface area contributed by atoms with E-state index in [4.69, 9.17) is 26.2 Å². The lowest BCUT2D eigenvalue weighted by Gasteiger charge is -2.26. The maximum absolute atomic E-state index is 12.6. The Kier molecular flexibility index (Phi) is 7.15. The highest BCUT2D eigenvalue weighted by Crippen LogP contribution is 2.45. The Balaban J connectivity index is 1.34. The van der Waals surface area contributed by atoms with Crippen LogP contribution >= 0.6 is 11.6 Å². The lowest BCUT2D eigenvalue weighted by atomic mass is 9.87. The summed E-state index contributed by atoms with van der Waals surface area (Å²) in [4.78, 5) is 12.6. The number of carboxylic acids is 1. The van der Waals surface area contributed by atoms with Gasteiger partial charge >= 0.3 is 5.97 Å². The van der Waals surface area contributed by atoms with Crippen LogP contribution < -0.4 is 9.47 Å². The molecule has 1 unspecified atom stereocenters. The highest BCUT2D eigenvalue weighted by Gasteiger charge is 2.34. The van der Waals surface area contributed by atoms with E-state index in [1.165, 1.54) is 0 Å². The Bertz CT molecular complexity index is 1720. The number of carboxylic acid groups (broad SMARTS) is 1. The van der Waals surface area contributed by atoms with E-state index < -0.39 is 5.97 Å². The van der Waals surface area contributed by atoms with Crippen LogP contribution in [-0.4, -0.2) is 39.1 Å². The molecule has 3 aromatic carbocycles. The molecule has 5 aromatic rings. The molecule has 0 amide bonds. The average Bonchev–Trinajstić information content (AvgIpc) is 3.52. The second-order valence-corrected chi connectivity index (χ2v) is 10.7. The Morgan fingerprint density at radius 3 is 2.77 bits per heavy atom. The van der Waals surface area contributed by atoms with Gasteiger partial charge in [0.15, 0.2) is 0 Å². The van der Waals surface area contributed by atoms with Gasteiger partial charge in [0.25, 0.3) is 0 Å². The zero-order chi connectivity index (χ0) is 27.8. The summed E-state index contributed by atoms with van der Waals surface area (Å²) in [5.74, 6) is 0.595. The summed E-state index contributed by atoms with van der Waals surface area (Å²) in [7, 11) is 1.65. The minimum atomic E-state index is -0.927. The smallest absolute Gasteiger partial charge is 0.352 e. The summed E-state index contributed by atoms with van der Waals surface area (Å²) in [5.41, 5.74) is 3.94. The molecule has 1 N–H and O–H groups in total. The van der Waals surface area contributed by atoms with Crippen LogP contribution in [0.2, 0.25) is 5.02 Å². The van der Waals surface area contributed by atoms with Crippen LogP contribution in [0.1, 0.15) is 59.5 Å². The molecule has 8 heteroatoms. The van der Waals surface area contributed by atoms with Gasteiger partial charge in [-0.25, -0.2) is 9.48 Å². The van der Waals surface area contributed by atoms with E-state index in [1.807, 2.05) is 51.7 Å². The lowest BCUT2D eigenvalue weighted by molar-refractivity contribution is 0.0683. The number of aryl methyl sites for hydroxylation is 3. The second-order valence-electron chi connectivity index (χ2n) is 10.2. The molecule has 0 saturated carbocycles. The largest absolute Gasteiger partial charge is 0.493 e. The number of carbonyl (C=O) groups is 1. The van der Waals surface area contributed by atoms with Gasteiger partial charge in [-0.05, 0) is 54.8 Å². The molecule has 2 aromatic heterocycles. The van der Waals surface area contributed by atoms with E-state index in [0.717, 1.165) is 57.1 Å². The molecule has 0 saturated heterocycles. The van der Waals surface area contributed by atoms with Crippen molar-refractivity contribution in [2.45, 2.75) is 51.6 Å². The van der Waals surface area contributed by atoms with E-state index in [2.05, 4.69) is 25.1 Å². The minimum absolute atomic E-state index is 0.142. The fourth-order valence-electron chi connectivity index (χ4n) is 6.15. The van der Waals surface area contributed by atoms with Crippen LogP contribution in [0.25, 0.3) is 21.7 Å². The molecule has 206 valence electrons. The molecule has 6 rings (SSSR count). The van der Waals surface area contributed by atoms with Crippen molar-refractivity contribution in [3.8, 4) is 11.6 Å². The fraction of sp³-hybridized carbons (Fsp3) is 0.312.